The van der Waals surface area contributed by atoms with E-state index in [0.29, 0.717) is 0 Å². The first-order chi connectivity index (χ1) is 8.56. The van der Waals surface area contributed by atoms with Crippen LogP contribution < -0.4 is 5.63 Å². The van der Waals surface area contributed by atoms with Crippen molar-refractivity contribution in [3.05, 3.63) is 57.6 Å². The van der Waals surface area contributed by atoms with Crippen molar-refractivity contribution in [2.75, 3.05) is 0 Å². The van der Waals surface area contributed by atoms with Crippen molar-refractivity contribution in [2.24, 2.45) is 0 Å². The van der Waals surface area contributed by atoms with Crippen molar-refractivity contribution in [1.82, 2.24) is 0 Å². The van der Waals surface area contributed by atoms with Gasteiger partial charge < -0.3 is 14.6 Å². The molecule has 0 saturated carbocycles. The lowest BCUT2D eigenvalue weighted by atomic mass is 10.2. The number of phenolic OH excluding ortho intramolecular Hbond substituents is 1. The average molecular weight is 244 g/mol. The van der Waals surface area contributed by atoms with Gasteiger partial charge in [0.1, 0.15) is 17.3 Å². The summed E-state index contributed by atoms with van der Waals surface area (Å²) in [6.45, 7) is 1.49. The Bertz CT molecular complexity index is 636. The summed E-state index contributed by atoms with van der Waals surface area (Å²) in [5.74, 6) is 0.374. The first-order valence-electron chi connectivity index (χ1n) is 5.37. The van der Waals surface area contributed by atoms with Gasteiger partial charge in [0.2, 0.25) is 0 Å². The Morgan fingerprint density at radius 1 is 1.11 bits per heavy atom. The minimum absolute atomic E-state index is 0.0865. The summed E-state index contributed by atoms with van der Waals surface area (Å²) in [5.41, 5.74) is 0.479. The van der Waals surface area contributed by atoms with Crippen molar-refractivity contribution in [3.63, 3.8) is 0 Å². The molecule has 0 spiro atoms. The molecule has 0 amide bonds. The van der Waals surface area contributed by atoms with Gasteiger partial charge in [-0.2, -0.15) is 0 Å². The Kier molecular flexibility index (Phi) is 3.19. The zero-order chi connectivity index (χ0) is 13.1. The second-order valence-corrected chi connectivity index (χ2v) is 3.87. The van der Waals surface area contributed by atoms with Gasteiger partial charge >= 0.3 is 5.63 Å². The number of aromatic hydroxyl groups is 2. The molecule has 0 atom stereocenters. The number of benzene rings is 1. The SMILES string of the molecule is Cc1c(O)cc(/C=C/c2ccc(O)cc2)oc1=O. The minimum Gasteiger partial charge on any atom is -0.508 e. The molecular formula is C14H12O4. The molecule has 2 N–H and O–H groups in total. The predicted molar refractivity (Wildman–Crippen MR) is 68.4 cm³/mol. The maximum atomic E-state index is 11.3. The Labute approximate surface area is 103 Å². The fourth-order valence-corrected chi connectivity index (χ4v) is 1.41. The minimum atomic E-state index is -0.555. The van der Waals surface area contributed by atoms with E-state index in [-0.39, 0.29) is 22.8 Å². The van der Waals surface area contributed by atoms with E-state index in [1.807, 2.05) is 0 Å². The van der Waals surface area contributed by atoms with Crippen LogP contribution in [0.3, 0.4) is 0 Å². The van der Waals surface area contributed by atoms with Gasteiger partial charge in [0.05, 0.1) is 5.56 Å². The highest BCUT2D eigenvalue weighted by Crippen LogP contribution is 2.16. The lowest BCUT2D eigenvalue weighted by molar-refractivity contribution is 0.436. The summed E-state index contributed by atoms with van der Waals surface area (Å²) in [5, 5.41) is 18.6. The molecule has 0 bridgehead atoms. The molecule has 92 valence electrons. The molecule has 4 nitrogen and oxygen atoms in total. The van der Waals surface area contributed by atoms with Crippen LogP contribution >= 0.6 is 0 Å². The van der Waals surface area contributed by atoms with E-state index < -0.39 is 5.63 Å². The summed E-state index contributed by atoms with van der Waals surface area (Å²) in [7, 11) is 0. The highest BCUT2D eigenvalue weighted by molar-refractivity contribution is 5.68. The number of hydrogen-bond donors (Lipinski definition) is 2. The smallest absolute Gasteiger partial charge is 0.342 e. The van der Waals surface area contributed by atoms with Crippen LogP contribution in [0.25, 0.3) is 12.2 Å². The molecule has 0 radical (unpaired) electrons. The van der Waals surface area contributed by atoms with Crippen LogP contribution in [0.4, 0.5) is 0 Å². The molecule has 1 aromatic heterocycles. The molecule has 4 heteroatoms. The molecule has 2 rings (SSSR count). The second kappa shape index (κ2) is 4.79. The van der Waals surface area contributed by atoms with Crippen molar-refractivity contribution >= 4 is 12.2 Å². The van der Waals surface area contributed by atoms with E-state index in [1.165, 1.54) is 13.0 Å². The standard InChI is InChI=1S/C14H12O4/c1-9-13(16)8-12(18-14(9)17)7-4-10-2-5-11(15)6-3-10/h2-8,15-16H,1H3/b7-4+. The van der Waals surface area contributed by atoms with Gasteiger partial charge in [-0.15, -0.1) is 0 Å². The molecule has 2 aromatic rings. The first kappa shape index (κ1) is 12.0. The summed E-state index contributed by atoms with van der Waals surface area (Å²) in [6, 6.07) is 7.94. The number of hydrogen-bond acceptors (Lipinski definition) is 4. The average Bonchev–Trinajstić information content (AvgIpc) is 2.35. The summed E-state index contributed by atoms with van der Waals surface area (Å²) in [6.07, 6.45) is 3.29. The van der Waals surface area contributed by atoms with Crippen LogP contribution in [0.15, 0.2) is 39.5 Å². The highest BCUT2D eigenvalue weighted by Gasteiger charge is 2.04. The number of phenols is 1. The van der Waals surface area contributed by atoms with Crippen molar-refractivity contribution in [1.29, 1.82) is 0 Å². The van der Waals surface area contributed by atoms with Crippen LogP contribution in [-0.4, -0.2) is 10.2 Å². The fraction of sp³-hybridized carbons (Fsp3) is 0.0714. The van der Waals surface area contributed by atoms with E-state index >= 15 is 0 Å². The third-order valence-corrected chi connectivity index (χ3v) is 2.51. The van der Waals surface area contributed by atoms with Crippen molar-refractivity contribution in [2.45, 2.75) is 6.92 Å². The molecule has 0 aliphatic rings. The third-order valence-electron chi connectivity index (χ3n) is 2.51. The van der Waals surface area contributed by atoms with Gasteiger partial charge in [-0.1, -0.05) is 18.2 Å². The van der Waals surface area contributed by atoms with E-state index in [4.69, 9.17) is 9.52 Å². The van der Waals surface area contributed by atoms with E-state index in [2.05, 4.69) is 0 Å². The van der Waals surface area contributed by atoms with Gasteiger partial charge in [-0.3, -0.25) is 0 Å². The second-order valence-electron chi connectivity index (χ2n) is 3.87. The predicted octanol–water partition coefficient (Wildman–Crippen LogP) is 2.53. The first-order valence-corrected chi connectivity index (χ1v) is 5.37. The number of rotatable bonds is 2. The monoisotopic (exact) mass is 244 g/mol. The lowest BCUT2D eigenvalue weighted by Gasteiger charge is -1.98. The topological polar surface area (TPSA) is 70.7 Å². The van der Waals surface area contributed by atoms with Gasteiger partial charge in [-0.05, 0) is 30.7 Å². The zero-order valence-corrected chi connectivity index (χ0v) is 9.75. The summed E-state index contributed by atoms with van der Waals surface area (Å²) < 4.78 is 4.98. The Balaban J connectivity index is 2.29. The van der Waals surface area contributed by atoms with E-state index in [0.717, 1.165) is 5.56 Å². The Morgan fingerprint density at radius 2 is 1.78 bits per heavy atom. The molecule has 0 unspecified atom stereocenters. The summed E-state index contributed by atoms with van der Waals surface area (Å²) in [4.78, 5) is 11.3. The third kappa shape index (κ3) is 2.60. The zero-order valence-electron chi connectivity index (χ0n) is 9.75. The molecule has 18 heavy (non-hydrogen) atoms. The molecule has 0 aliphatic carbocycles. The molecule has 0 aliphatic heterocycles. The molecule has 0 fully saturated rings. The van der Waals surface area contributed by atoms with Crippen molar-refractivity contribution < 1.29 is 14.6 Å². The van der Waals surface area contributed by atoms with Crippen molar-refractivity contribution in [3.8, 4) is 11.5 Å². The maximum Gasteiger partial charge on any atom is 0.342 e. The lowest BCUT2D eigenvalue weighted by Crippen LogP contribution is -2.03. The van der Waals surface area contributed by atoms with E-state index in [1.54, 1.807) is 36.4 Å². The van der Waals surface area contributed by atoms with Gasteiger partial charge in [0.25, 0.3) is 0 Å². The van der Waals surface area contributed by atoms with Gasteiger partial charge in [0, 0.05) is 6.07 Å². The Morgan fingerprint density at radius 3 is 2.39 bits per heavy atom. The van der Waals surface area contributed by atoms with Crippen LogP contribution in [0, 0.1) is 6.92 Å². The molecule has 1 aromatic carbocycles. The Hall–Kier alpha value is -2.49. The highest BCUT2D eigenvalue weighted by atomic mass is 16.4. The van der Waals surface area contributed by atoms with Crippen LogP contribution in [0.2, 0.25) is 0 Å². The van der Waals surface area contributed by atoms with Crippen LogP contribution in [0.1, 0.15) is 16.9 Å². The fourth-order valence-electron chi connectivity index (χ4n) is 1.41. The quantitative estimate of drug-likeness (QED) is 0.851. The van der Waals surface area contributed by atoms with Gasteiger partial charge in [0.15, 0.2) is 0 Å². The molecule has 0 saturated heterocycles. The largest absolute Gasteiger partial charge is 0.508 e. The maximum absolute atomic E-state index is 11.3. The van der Waals surface area contributed by atoms with E-state index in [9.17, 15) is 9.90 Å². The normalized spacial score (nSPS) is 10.9. The van der Waals surface area contributed by atoms with Crippen LogP contribution in [-0.2, 0) is 0 Å². The summed E-state index contributed by atoms with van der Waals surface area (Å²) >= 11 is 0. The van der Waals surface area contributed by atoms with Gasteiger partial charge in [-0.25, -0.2) is 4.79 Å². The van der Waals surface area contributed by atoms with Crippen LogP contribution in [0.5, 0.6) is 11.5 Å². The molecular weight excluding hydrogens is 232 g/mol. The molecule has 1 heterocycles.